The molecule has 4 nitrogen and oxygen atoms in total. The Kier molecular flexibility index (Phi) is 1.30. The van der Waals surface area contributed by atoms with Gasteiger partial charge in [-0.25, -0.2) is 4.21 Å². The molecule has 0 saturated heterocycles. The summed E-state index contributed by atoms with van der Waals surface area (Å²) < 4.78 is 17.8. The van der Waals surface area contributed by atoms with Crippen molar-refractivity contribution in [3.8, 4) is 0 Å². The summed E-state index contributed by atoms with van der Waals surface area (Å²) in [5.41, 5.74) is 0. The van der Waals surface area contributed by atoms with Crippen LogP contribution in [0.4, 0.5) is 0 Å². The van der Waals surface area contributed by atoms with Crippen LogP contribution in [0.25, 0.3) is 0 Å². The molecular weight excluding hydrogens is 150 g/mol. The maximum Gasteiger partial charge on any atom is 0.267 e. The summed E-state index contributed by atoms with van der Waals surface area (Å²) in [7, 11) is 0. The first-order valence-corrected chi connectivity index (χ1v) is 4.22. The van der Waals surface area contributed by atoms with Gasteiger partial charge in [-0.2, -0.15) is 4.40 Å². The summed E-state index contributed by atoms with van der Waals surface area (Å²) in [5, 5.41) is 3.09. The van der Waals surface area contributed by atoms with E-state index in [1.807, 2.05) is 0 Å². The van der Waals surface area contributed by atoms with E-state index in [2.05, 4.69) is 14.1 Å². The van der Waals surface area contributed by atoms with E-state index in [-0.39, 0.29) is 0 Å². The second kappa shape index (κ2) is 2.16. The highest BCUT2D eigenvalue weighted by molar-refractivity contribution is 7.83. The van der Waals surface area contributed by atoms with Gasteiger partial charge in [0.2, 0.25) is 0 Å². The third kappa shape index (κ3) is 1.23. The topological polar surface area (TPSA) is 53.8 Å². The molecule has 0 radical (unpaired) electrons. The molecule has 2 rings (SSSR count). The highest BCUT2D eigenvalue weighted by Crippen LogP contribution is 2.18. The zero-order chi connectivity index (χ0) is 6.97. The molecule has 1 aliphatic heterocycles. The van der Waals surface area contributed by atoms with Gasteiger partial charge in [-0.3, -0.25) is 0 Å². The summed E-state index contributed by atoms with van der Waals surface area (Å²) in [6, 6.07) is 0.556. The van der Waals surface area contributed by atoms with Gasteiger partial charge in [0.25, 0.3) is 11.2 Å². The van der Waals surface area contributed by atoms with Crippen molar-refractivity contribution in [3.05, 3.63) is 0 Å². The van der Waals surface area contributed by atoms with Crippen molar-refractivity contribution in [2.45, 2.75) is 18.9 Å². The maximum absolute atomic E-state index is 10.5. The standard InChI is InChI=1S/C5H7N3OS/c9-10-6-3-5(8-10)7-4-1-2-4/h3-4H,1-2H2,(H,7,8). The van der Waals surface area contributed by atoms with Crippen molar-refractivity contribution in [2.75, 3.05) is 0 Å². The smallest absolute Gasteiger partial charge is 0.267 e. The van der Waals surface area contributed by atoms with Crippen molar-refractivity contribution in [1.82, 2.24) is 5.32 Å². The minimum atomic E-state index is -1.35. The minimum Gasteiger partial charge on any atom is -0.365 e. The molecule has 1 heterocycles. The number of nitrogens with one attached hydrogen (secondary N) is 1. The first-order chi connectivity index (χ1) is 4.84. The first-order valence-electron chi connectivity index (χ1n) is 3.16. The fraction of sp³-hybridized carbons (Fsp3) is 0.600. The Labute approximate surface area is 61.2 Å². The normalized spacial score (nSPS) is 30.4. The summed E-state index contributed by atoms with van der Waals surface area (Å²) in [5.74, 6) is 0.667. The number of amidine groups is 1. The number of hydrogen-bond acceptors (Lipinski definition) is 2. The minimum absolute atomic E-state index is 0.556. The molecular formula is C5H7N3OS. The molecule has 10 heavy (non-hydrogen) atoms. The Hall–Kier alpha value is -0.710. The van der Waals surface area contributed by atoms with Crippen LogP contribution in [-0.4, -0.2) is 22.3 Å². The van der Waals surface area contributed by atoms with E-state index in [0.717, 1.165) is 0 Å². The molecule has 1 unspecified atom stereocenters. The molecule has 0 bridgehead atoms. The van der Waals surface area contributed by atoms with Gasteiger partial charge in [0, 0.05) is 6.04 Å². The fourth-order valence-electron chi connectivity index (χ4n) is 0.727. The molecule has 1 N–H and O–H groups in total. The van der Waals surface area contributed by atoms with Crippen LogP contribution in [0, 0.1) is 0 Å². The molecule has 0 aromatic carbocycles. The van der Waals surface area contributed by atoms with Gasteiger partial charge in [-0.15, -0.1) is 4.40 Å². The van der Waals surface area contributed by atoms with Crippen molar-refractivity contribution in [1.29, 1.82) is 0 Å². The zero-order valence-corrected chi connectivity index (χ0v) is 6.10. The Balaban J connectivity index is 1.98. The number of rotatable bonds is 1. The van der Waals surface area contributed by atoms with Crippen molar-refractivity contribution in [2.24, 2.45) is 8.80 Å². The van der Waals surface area contributed by atoms with Crippen molar-refractivity contribution >= 4 is 23.2 Å². The van der Waals surface area contributed by atoms with E-state index in [1.165, 1.54) is 19.1 Å². The third-order valence-electron chi connectivity index (χ3n) is 1.37. The lowest BCUT2D eigenvalue weighted by atomic mass is 10.6. The van der Waals surface area contributed by atoms with Crippen LogP contribution >= 0.6 is 0 Å². The monoisotopic (exact) mass is 157 g/mol. The Morgan fingerprint density at radius 2 is 2.50 bits per heavy atom. The summed E-state index contributed by atoms with van der Waals surface area (Å²) in [4.78, 5) is 0. The van der Waals surface area contributed by atoms with Crippen LogP contribution in [0.15, 0.2) is 8.80 Å². The molecule has 5 heteroatoms. The maximum atomic E-state index is 10.5. The van der Waals surface area contributed by atoms with E-state index in [4.69, 9.17) is 0 Å². The summed E-state index contributed by atoms with van der Waals surface area (Å²) >= 11 is -1.35. The molecule has 0 spiro atoms. The van der Waals surface area contributed by atoms with Crippen LogP contribution in [-0.2, 0) is 11.2 Å². The van der Waals surface area contributed by atoms with Gasteiger partial charge >= 0.3 is 0 Å². The van der Waals surface area contributed by atoms with Crippen molar-refractivity contribution < 1.29 is 4.21 Å². The Morgan fingerprint density at radius 3 is 3.00 bits per heavy atom. The molecule has 0 aromatic heterocycles. The summed E-state index contributed by atoms with van der Waals surface area (Å²) in [6.07, 6.45) is 3.91. The van der Waals surface area contributed by atoms with Crippen LogP contribution < -0.4 is 5.32 Å². The van der Waals surface area contributed by atoms with Crippen LogP contribution in [0.5, 0.6) is 0 Å². The molecule has 1 fully saturated rings. The summed E-state index contributed by atoms with van der Waals surface area (Å²) in [6.45, 7) is 0. The zero-order valence-electron chi connectivity index (χ0n) is 5.28. The lowest BCUT2D eigenvalue weighted by Crippen LogP contribution is -2.25. The van der Waals surface area contributed by atoms with Gasteiger partial charge in [-0.1, -0.05) is 0 Å². The van der Waals surface area contributed by atoms with Crippen LogP contribution in [0.2, 0.25) is 0 Å². The second-order valence-corrected chi connectivity index (χ2v) is 3.22. The first kappa shape index (κ1) is 6.03. The predicted molar refractivity (Wildman–Crippen MR) is 40.2 cm³/mol. The number of nitrogens with zero attached hydrogens (tertiary/aromatic N) is 2. The highest BCUT2D eigenvalue weighted by atomic mass is 32.2. The van der Waals surface area contributed by atoms with E-state index in [1.54, 1.807) is 0 Å². The lowest BCUT2D eigenvalue weighted by molar-refractivity contribution is 0.686. The average molecular weight is 157 g/mol. The Morgan fingerprint density at radius 1 is 1.70 bits per heavy atom. The Bertz CT molecular complexity index is 231. The van der Waals surface area contributed by atoms with Crippen LogP contribution in [0.1, 0.15) is 12.8 Å². The van der Waals surface area contributed by atoms with E-state index in [9.17, 15) is 4.21 Å². The van der Waals surface area contributed by atoms with Gasteiger partial charge in [0.15, 0.2) is 5.84 Å². The lowest BCUT2D eigenvalue weighted by Gasteiger charge is -1.95. The molecule has 0 aromatic rings. The molecule has 1 saturated carbocycles. The van der Waals surface area contributed by atoms with Gasteiger partial charge in [-0.05, 0) is 12.8 Å². The van der Waals surface area contributed by atoms with Crippen molar-refractivity contribution in [3.63, 3.8) is 0 Å². The third-order valence-corrected chi connectivity index (χ3v) is 2.01. The molecule has 1 aliphatic carbocycles. The largest absolute Gasteiger partial charge is 0.365 e. The van der Waals surface area contributed by atoms with E-state index >= 15 is 0 Å². The second-order valence-electron chi connectivity index (χ2n) is 2.36. The van der Waals surface area contributed by atoms with Gasteiger partial charge in [0.1, 0.15) is 0 Å². The van der Waals surface area contributed by atoms with Gasteiger partial charge < -0.3 is 5.32 Å². The van der Waals surface area contributed by atoms with E-state index in [0.29, 0.717) is 11.9 Å². The van der Waals surface area contributed by atoms with Gasteiger partial charge in [0.05, 0.1) is 6.21 Å². The molecule has 54 valence electrons. The fourth-order valence-corrected chi connectivity index (χ4v) is 1.23. The van der Waals surface area contributed by atoms with Crippen LogP contribution in [0.3, 0.4) is 0 Å². The number of hydrogen-bond donors (Lipinski definition) is 1. The SMILES string of the molecule is O=S1N=CC(NC2CC2)=N1. The average Bonchev–Trinajstić information content (AvgIpc) is 2.59. The highest BCUT2D eigenvalue weighted by Gasteiger charge is 2.23. The predicted octanol–water partition coefficient (Wildman–Crippen LogP) is -0.200. The molecule has 1 atom stereocenters. The molecule has 0 amide bonds. The quantitative estimate of drug-likeness (QED) is 0.573. The molecule has 2 aliphatic rings. The van der Waals surface area contributed by atoms with E-state index < -0.39 is 11.2 Å².